The number of benzene rings is 2. The van der Waals surface area contributed by atoms with E-state index in [1.165, 1.54) is 24.3 Å². The van der Waals surface area contributed by atoms with E-state index in [4.69, 9.17) is 9.47 Å². The van der Waals surface area contributed by atoms with Crippen LogP contribution in [0.5, 0.6) is 11.5 Å². The Labute approximate surface area is 163 Å². The molecule has 0 spiro atoms. The first-order valence-electron chi connectivity index (χ1n) is 9.09. The van der Waals surface area contributed by atoms with E-state index in [1.807, 2.05) is 0 Å². The predicted molar refractivity (Wildman–Crippen MR) is 103 cm³/mol. The second kappa shape index (κ2) is 8.73. The summed E-state index contributed by atoms with van der Waals surface area (Å²) in [7, 11) is 3.10. The number of rotatable bonds is 5. The maximum Gasteiger partial charge on any atom is 0.253 e. The van der Waals surface area contributed by atoms with Crippen LogP contribution in [0.15, 0.2) is 42.5 Å². The van der Waals surface area contributed by atoms with Gasteiger partial charge in [-0.3, -0.25) is 9.59 Å². The monoisotopic (exact) mass is 386 g/mol. The van der Waals surface area contributed by atoms with Gasteiger partial charge in [0.15, 0.2) is 0 Å². The molecule has 1 heterocycles. The number of hydrogen-bond donors (Lipinski definition) is 1. The molecular formula is C21H23FN2O4. The number of carbonyl (C=O) groups is 2. The van der Waals surface area contributed by atoms with E-state index < -0.39 is 0 Å². The van der Waals surface area contributed by atoms with Gasteiger partial charge in [0.2, 0.25) is 5.91 Å². The van der Waals surface area contributed by atoms with E-state index in [2.05, 4.69) is 5.32 Å². The van der Waals surface area contributed by atoms with Crippen molar-refractivity contribution in [2.45, 2.75) is 12.8 Å². The zero-order valence-corrected chi connectivity index (χ0v) is 15.9. The lowest BCUT2D eigenvalue weighted by Gasteiger charge is -2.31. The van der Waals surface area contributed by atoms with Gasteiger partial charge < -0.3 is 19.7 Å². The second-order valence-electron chi connectivity index (χ2n) is 6.66. The minimum Gasteiger partial charge on any atom is -0.497 e. The number of nitrogens with one attached hydrogen (secondary N) is 1. The van der Waals surface area contributed by atoms with E-state index in [9.17, 15) is 14.0 Å². The van der Waals surface area contributed by atoms with Crippen molar-refractivity contribution in [2.24, 2.45) is 5.92 Å². The SMILES string of the molecule is COc1cc(NC(=O)C2CCN(C(=O)c3ccc(F)cc3)CC2)cc(OC)c1. The van der Waals surface area contributed by atoms with Gasteiger partial charge in [-0.2, -0.15) is 0 Å². The van der Waals surface area contributed by atoms with Gasteiger partial charge in [-0.1, -0.05) is 0 Å². The Kier molecular flexibility index (Phi) is 6.13. The summed E-state index contributed by atoms with van der Waals surface area (Å²) < 4.78 is 23.5. The highest BCUT2D eigenvalue weighted by atomic mass is 19.1. The Morgan fingerprint density at radius 2 is 1.57 bits per heavy atom. The molecule has 6 nitrogen and oxygen atoms in total. The third kappa shape index (κ3) is 4.60. The van der Waals surface area contributed by atoms with Crippen LogP contribution in [0.4, 0.5) is 10.1 Å². The van der Waals surface area contributed by atoms with E-state index in [0.717, 1.165) is 0 Å². The zero-order valence-electron chi connectivity index (χ0n) is 15.9. The van der Waals surface area contributed by atoms with Crippen molar-refractivity contribution < 1.29 is 23.5 Å². The molecule has 0 unspecified atom stereocenters. The van der Waals surface area contributed by atoms with Gasteiger partial charge in [-0.15, -0.1) is 0 Å². The fraction of sp³-hybridized carbons (Fsp3) is 0.333. The molecule has 0 atom stereocenters. The lowest BCUT2D eigenvalue weighted by atomic mass is 9.95. The first-order valence-corrected chi connectivity index (χ1v) is 9.09. The van der Waals surface area contributed by atoms with Crippen molar-refractivity contribution in [3.8, 4) is 11.5 Å². The van der Waals surface area contributed by atoms with Crippen molar-refractivity contribution in [1.29, 1.82) is 0 Å². The molecule has 2 amide bonds. The fourth-order valence-corrected chi connectivity index (χ4v) is 3.24. The van der Waals surface area contributed by atoms with Crippen molar-refractivity contribution in [2.75, 3.05) is 32.6 Å². The Hall–Kier alpha value is -3.09. The van der Waals surface area contributed by atoms with Crippen LogP contribution in [-0.4, -0.2) is 44.0 Å². The molecule has 148 valence electrons. The molecule has 2 aromatic carbocycles. The molecule has 0 saturated carbocycles. The standard InChI is InChI=1S/C21H23FN2O4/c1-27-18-11-17(12-19(13-18)28-2)23-20(25)14-7-9-24(10-8-14)21(26)15-3-5-16(22)6-4-15/h3-6,11-14H,7-10H2,1-2H3,(H,23,25). The van der Waals surface area contributed by atoms with Gasteiger partial charge in [-0.05, 0) is 37.1 Å². The summed E-state index contributed by atoms with van der Waals surface area (Å²) in [4.78, 5) is 26.8. The predicted octanol–water partition coefficient (Wildman–Crippen LogP) is 3.33. The maximum absolute atomic E-state index is 13.0. The van der Waals surface area contributed by atoms with E-state index in [-0.39, 0.29) is 23.5 Å². The summed E-state index contributed by atoms with van der Waals surface area (Å²) in [6.07, 6.45) is 1.14. The van der Waals surface area contributed by atoms with Crippen LogP contribution < -0.4 is 14.8 Å². The largest absolute Gasteiger partial charge is 0.497 e. The molecule has 7 heteroatoms. The number of halogens is 1. The number of hydrogen-bond acceptors (Lipinski definition) is 4. The molecule has 0 radical (unpaired) electrons. The summed E-state index contributed by atoms with van der Waals surface area (Å²) in [5.74, 6) is 0.389. The van der Waals surface area contributed by atoms with Gasteiger partial charge >= 0.3 is 0 Å². The number of amides is 2. The molecule has 0 aliphatic carbocycles. The molecule has 1 fully saturated rings. The molecule has 1 aliphatic heterocycles. The average molecular weight is 386 g/mol. The van der Waals surface area contributed by atoms with Crippen LogP contribution in [0.25, 0.3) is 0 Å². The van der Waals surface area contributed by atoms with Gasteiger partial charge in [0, 0.05) is 48.5 Å². The molecule has 1 aliphatic rings. The Balaban J connectivity index is 1.58. The summed E-state index contributed by atoms with van der Waals surface area (Å²) in [5.41, 5.74) is 1.05. The number of anilines is 1. The van der Waals surface area contributed by atoms with Gasteiger partial charge in [-0.25, -0.2) is 4.39 Å². The van der Waals surface area contributed by atoms with Crippen LogP contribution in [-0.2, 0) is 4.79 Å². The molecule has 3 rings (SSSR count). The normalized spacial score (nSPS) is 14.5. The minimum absolute atomic E-state index is 0.0933. The molecule has 0 bridgehead atoms. The van der Waals surface area contributed by atoms with Crippen molar-refractivity contribution >= 4 is 17.5 Å². The summed E-state index contributed by atoms with van der Waals surface area (Å²) in [5, 5.41) is 2.90. The quantitative estimate of drug-likeness (QED) is 0.856. The first-order chi connectivity index (χ1) is 13.5. The van der Waals surface area contributed by atoms with Crippen molar-refractivity contribution in [1.82, 2.24) is 4.90 Å². The molecular weight excluding hydrogens is 363 g/mol. The van der Waals surface area contributed by atoms with E-state index >= 15 is 0 Å². The number of methoxy groups -OCH3 is 2. The third-order valence-corrected chi connectivity index (χ3v) is 4.86. The molecule has 28 heavy (non-hydrogen) atoms. The fourth-order valence-electron chi connectivity index (χ4n) is 3.24. The smallest absolute Gasteiger partial charge is 0.253 e. The minimum atomic E-state index is -0.374. The summed E-state index contributed by atoms with van der Waals surface area (Å²) in [6.45, 7) is 0.964. The van der Waals surface area contributed by atoms with Crippen LogP contribution >= 0.6 is 0 Å². The van der Waals surface area contributed by atoms with Gasteiger partial charge in [0.1, 0.15) is 17.3 Å². The van der Waals surface area contributed by atoms with Crippen molar-refractivity contribution in [3.63, 3.8) is 0 Å². The lowest BCUT2D eigenvalue weighted by Crippen LogP contribution is -2.41. The highest BCUT2D eigenvalue weighted by Gasteiger charge is 2.28. The Morgan fingerprint density at radius 1 is 1.00 bits per heavy atom. The molecule has 1 N–H and O–H groups in total. The molecule has 2 aromatic rings. The Bertz CT molecular complexity index is 824. The summed E-state index contributed by atoms with van der Waals surface area (Å²) >= 11 is 0. The molecule has 1 saturated heterocycles. The van der Waals surface area contributed by atoms with Crippen LogP contribution in [0.1, 0.15) is 23.2 Å². The number of piperidine rings is 1. The van der Waals surface area contributed by atoms with Gasteiger partial charge in [0.05, 0.1) is 14.2 Å². The second-order valence-corrected chi connectivity index (χ2v) is 6.66. The highest BCUT2D eigenvalue weighted by molar-refractivity contribution is 5.95. The van der Waals surface area contributed by atoms with Gasteiger partial charge in [0.25, 0.3) is 5.91 Å². The van der Waals surface area contributed by atoms with Crippen LogP contribution in [0.3, 0.4) is 0 Å². The van der Waals surface area contributed by atoms with Crippen molar-refractivity contribution in [3.05, 3.63) is 53.8 Å². The van der Waals surface area contributed by atoms with E-state index in [1.54, 1.807) is 37.3 Å². The highest BCUT2D eigenvalue weighted by Crippen LogP contribution is 2.27. The number of carbonyl (C=O) groups excluding carboxylic acids is 2. The summed E-state index contributed by atoms with van der Waals surface area (Å²) in [6, 6.07) is 10.7. The number of ether oxygens (including phenoxy) is 2. The third-order valence-electron chi connectivity index (χ3n) is 4.86. The Morgan fingerprint density at radius 3 is 2.11 bits per heavy atom. The average Bonchev–Trinajstić information content (AvgIpc) is 2.73. The number of likely N-dealkylation sites (tertiary alicyclic amines) is 1. The van der Waals surface area contributed by atoms with Crippen LogP contribution in [0, 0.1) is 11.7 Å². The van der Waals surface area contributed by atoms with Crippen LogP contribution in [0.2, 0.25) is 0 Å². The van der Waals surface area contributed by atoms with E-state index in [0.29, 0.717) is 48.7 Å². The first kappa shape index (κ1) is 19.7. The topological polar surface area (TPSA) is 67.9 Å². The number of nitrogens with zero attached hydrogens (tertiary/aromatic N) is 1. The molecule has 0 aromatic heterocycles. The maximum atomic E-state index is 13.0. The lowest BCUT2D eigenvalue weighted by molar-refractivity contribution is -0.121. The zero-order chi connectivity index (χ0) is 20.1.